The van der Waals surface area contributed by atoms with E-state index in [1.54, 1.807) is 0 Å². The minimum atomic E-state index is -0.165. The van der Waals surface area contributed by atoms with Gasteiger partial charge >= 0.3 is 0 Å². The van der Waals surface area contributed by atoms with Gasteiger partial charge in [-0.1, -0.05) is 0 Å². The van der Waals surface area contributed by atoms with Crippen molar-refractivity contribution in [1.29, 1.82) is 0 Å². The van der Waals surface area contributed by atoms with Crippen molar-refractivity contribution in [3.63, 3.8) is 0 Å². The Labute approximate surface area is 88.8 Å². The molecule has 4 aliphatic carbocycles. The first kappa shape index (κ1) is 9.58. The molecule has 4 saturated carbocycles. The van der Waals surface area contributed by atoms with Crippen LogP contribution in [0, 0.1) is 33.3 Å². The van der Waals surface area contributed by atoms with E-state index in [1.807, 2.05) is 0 Å². The zero-order chi connectivity index (χ0) is 10.6. The van der Waals surface area contributed by atoms with Gasteiger partial charge in [-0.15, -0.1) is 0 Å². The fourth-order valence-electron chi connectivity index (χ4n) is 4.63. The number of nitro groups is 1. The number of hydrogen-bond donors (Lipinski definition) is 1. The average Bonchev–Trinajstić information content (AvgIpc) is 2.10. The highest BCUT2D eigenvalue weighted by Gasteiger charge is 2.56. The summed E-state index contributed by atoms with van der Waals surface area (Å²) < 4.78 is 0. The summed E-state index contributed by atoms with van der Waals surface area (Å²) in [5.41, 5.74) is -0.0563. The van der Waals surface area contributed by atoms with E-state index in [2.05, 4.69) is 0 Å². The molecule has 0 aromatic heterocycles. The highest BCUT2D eigenvalue weighted by Crippen LogP contribution is 2.59. The van der Waals surface area contributed by atoms with Gasteiger partial charge in [-0.2, -0.15) is 0 Å². The molecule has 4 bridgehead atoms. The summed E-state index contributed by atoms with van der Waals surface area (Å²) in [6.45, 7) is 0.128. The number of aliphatic hydroxyl groups is 1. The Bertz CT molecular complexity index is 288. The highest BCUT2D eigenvalue weighted by atomic mass is 16.6. The standard InChI is InChI=1S/C11H17NO3/c13-10-8-1-7-2-9(10)5-11(3-7,4-8)6-12(14)15/h7-10,13H,1-6H2. The molecule has 0 radical (unpaired) electrons. The van der Waals surface area contributed by atoms with Crippen molar-refractivity contribution in [1.82, 2.24) is 0 Å². The van der Waals surface area contributed by atoms with E-state index in [9.17, 15) is 15.2 Å². The van der Waals surface area contributed by atoms with Gasteiger partial charge in [0, 0.05) is 10.3 Å². The monoisotopic (exact) mass is 211 g/mol. The number of aliphatic hydroxyl groups excluding tert-OH is 1. The zero-order valence-corrected chi connectivity index (χ0v) is 8.76. The number of rotatable bonds is 2. The third-order valence-electron chi connectivity index (χ3n) is 4.81. The lowest BCUT2D eigenvalue weighted by Gasteiger charge is -2.57. The van der Waals surface area contributed by atoms with Gasteiger partial charge in [0.1, 0.15) is 0 Å². The predicted octanol–water partition coefficient (Wildman–Crippen LogP) is 1.45. The maximum Gasteiger partial charge on any atom is 0.209 e. The van der Waals surface area contributed by atoms with E-state index in [0.29, 0.717) is 17.8 Å². The topological polar surface area (TPSA) is 63.4 Å². The maximum absolute atomic E-state index is 10.7. The predicted molar refractivity (Wildman–Crippen MR) is 53.9 cm³/mol. The Morgan fingerprint density at radius 3 is 2.40 bits per heavy atom. The molecule has 4 rings (SSSR count). The van der Waals surface area contributed by atoms with Crippen molar-refractivity contribution in [2.75, 3.05) is 6.54 Å². The molecule has 4 aliphatic rings. The van der Waals surface area contributed by atoms with Crippen LogP contribution in [-0.2, 0) is 0 Å². The van der Waals surface area contributed by atoms with Crippen molar-refractivity contribution in [2.24, 2.45) is 23.2 Å². The molecule has 84 valence electrons. The molecule has 0 aromatic rings. The summed E-state index contributed by atoms with van der Waals surface area (Å²) in [5.74, 6) is 1.37. The van der Waals surface area contributed by atoms with Gasteiger partial charge in [0.05, 0.1) is 6.10 Å². The summed E-state index contributed by atoms with van der Waals surface area (Å²) in [7, 11) is 0. The van der Waals surface area contributed by atoms with Crippen LogP contribution < -0.4 is 0 Å². The highest BCUT2D eigenvalue weighted by molar-refractivity contribution is 5.04. The van der Waals surface area contributed by atoms with E-state index < -0.39 is 0 Å². The van der Waals surface area contributed by atoms with Crippen LogP contribution in [0.5, 0.6) is 0 Å². The van der Waals surface area contributed by atoms with Gasteiger partial charge in [0.2, 0.25) is 6.54 Å². The van der Waals surface area contributed by atoms with Crippen LogP contribution in [0.3, 0.4) is 0 Å². The molecule has 4 fully saturated rings. The van der Waals surface area contributed by atoms with Crippen LogP contribution in [0.15, 0.2) is 0 Å². The summed E-state index contributed by atoms with van der Waals surface area (Å²) in [5, 5.41) is 20.7. The third-order valence-corrected chi connectivity index (χ3v) is 4.81. The second-order valence-corrected chi connectivity index (χ2v) is 5.95. The molecule has 0 saturated heterocycles. The van der Waals surface area contributed by atoms with Crippen molar-refractivity contribution < 1.29 is 10.0 Å². The summed E-state index contributed by atoms with van der Waals surface area (Å²) >= 11 is 0. The smallest absolute Gasteiger partial charge is 0.209 e. The SMILES string of the molecule is O=[N+]([O-])CC12CC3CC(C1)C(O)C(C3)C2. The van der Waals surface area contributed by atoms with Crippen LogP contribution in [0.25, 0.3) is 0 Å². The Morgan fingerprint density at radius 1 is 1.27 bits per heavy atom. The molecule has 0 heterocycles. The minimum absolute atomic E-state index is 0.0563. The van der Waals surface area contributed by atoms with E-state index in [1.165, 1.54) is 0 Å². The molecule has 15 heavy (non-hydrogen) atoms. The summed E-state index contributed by atoms with van der Waals surface area (Å²) in [6, 6.07) is 0. The molecule has 1 N–H and O–H groups in total. The molecular weight excluding hydrogens is 194 g/mol. The first-order chi connectivity index (χ1) is 7.08. The molecule has 4 nitrogen and oxygen atoms in total. The lowest BCUT2D eigenvalue weighted by molar-refractivity contribution is -0.503. The molecule has 2 unspecified atom stereocenters. The van der Waals surface area contributed by atoms with Crippen molar-refractivity contribution in [3.05, 3.63) is 10.1 Å². The van der Waals surface area contributed by atoms with Crippen molar-refractivity contribution in [2.45, 2.75) is 38.2 Å². The lowest BCUT2D eigenvalue weighted by atomic mass is 9.48. The molecule has 0 aromatic carbocycles. The molecule has 0 aliphatic heterocycles. The molecule has 2 atom stereocenters. The fraction of sp³-hybridized carbons (Fsp3) is 1.00. The van der Waals surface area contributed by atoms with Crippen LogP contribution >= 0.6 is 0 Å². The van der Waals surface area contributed by atoms with Gasteiger partial charge in [0.25, 0.3) is 0 Å². The van der Waals surface area contributed by atoms with Crippen LogP contribution in [0.4, 0.5) is 0 Å². The molecule has 0 amide bonds. The van der Waals surface area contributed by atoms with Crippen LogP contribution in [-0.4, -0.2) is 22.7 Å². The van der Waals surface area contributed by atoms with Crippen LogP contribution in [0.1, 0.15) is 32.1 Å². The Hall–Kier alpha value is -0.640. The van der Waals surface area contributed by atoms with E-state index >= 15 is 0 Å². The van der Waals surface area contributed by atoms with E-state index in [0.717, 1.165) is 32.1 Å². The van der Waals surface area contributed by atoms with Crippen molar-refractivity contribution >= 4 is 0 Å². The fourth-order valence-corrected chi connectivity index (χ4v) is 4.63. The van der Waals surface area contributed by atoms with Gasteiger partial charge in [0.15, 0.2) is 0 Å². The molecule has 4 heteroatoms. The second-order valence-electron chi connectivity index (χ2n) is 5.95. The minimum Gasteiger partial charge on any atom is -0.393 e. The van der Waals surface area contributed by atoms with Gasteiger partial charge in [-0.25, -0.2) is 0 Å². The molecule has 0 spiro atoms. The largest absolute Gasteiger partial charge is 0.393 e. The average molecular weight is 211 g/mol. The molecular formula is C11H17NO3. The van der Waals surface area contributed by atoms with Crippen LogP contribution in [0.2, 0.25) is 0 Å². The first-order valence-electron chi connectivity index (χ1n) is 5.88. The van der Waals surface area contributed by atoms with E-state index in [-0.39, 0.29) is 23.0 Å². The van der Waals surface area contributed by atoms with Gasteiger partial charge < -0.3 is 5.11 Å². The number of hydrogen-bond acceptors (Lipinski definition) is 3. The normalized spacial score (nSPS) is 52.1. The first-order valence-corrected chi connectivity index (χ1v) is 5.88. The van der Waals surface area contributed by atoms with Gasteiger partial charge in [-0.05, 0) is 49.9 Å². The summed E-state index contributed by atoms with van der Waals surface area (Å²) in [6.07, 6.45) is 4.87. The third kappa shape index (κ3) is 1.38. The van der Waals surface area contributed by atoms with Crippen molar-refractivity contribution in [3.8, 4) is 0 Å². The van der Waals surface area contributed by atoms with Gasteiger partial charge in [-0.3, -0.25) is 10.1 Å². The van der Waals surface area contributed by atoms with E-state index in [4.69, 9.17) is 0 Å². The Kier molecular flexibility index (Phi) is 1.88. The summed E-state index contributed by atoms with van der Waals surface area (Å²) in [4.78, 5) is 10.6. The Morgan fingerprint density at radius 2 is 1.87 bits per heavy atom. The quantitative estimate of drug-likeness (QED) is 0.555. The zero-order valence-electron chi connectivity index (χ0n) is 8.76. The maximum atomic E-state index is 10.7. The Balaban J connectivity index is 1.85. The second kappa shape index (κ2) is 2.94. The lowest BCUT2D eigenvalue weighted by Crippen LogP contribution is -2.55. The number of nitrogens with zero attached hydrogens (tertiary/aromatic N) is 1.